The lowest BCUT2D eigenvalue weighted by Crippen LogP contribution is -2.12. The van der Waals surface area contributed by atoms with E-state index in [1.165, 1.54) is 19.2 Å². The number of amides is 1. The zero-order chi connectivity index (χ0) is 11.3. The van der Waals surface area contributed by atoms with Crippen molar-refractivity contribution >= 4 is 11.7 Å². The van der Waals surface area contributed by atoms with Crippen molar-refractivity contribution < 1.29 is 9.59 Å². The number of aryl methyl sites for hydroxylation is 1. The van der Waals surface area contributed by atoms with Crippen LogP contribution in [0.4, 0.5) is 0 Å². The molecule has 0 radical (unpaired) electrons. The molecule has 15 heavy (non-hydrogen) atoms. The summed E-state index contributed by atoms with van der Waals surface area (Å²) in [7, 11) is 0. The van der Waals surface area contributed by atoms with E-state index in [1.807, 2.05) is 19.1 Å². The SMILES string of the molecule is CC(=O)N/C=C\C(=O)c1ccc(C)cc1. The first kappa shape index (κ1) is 11.2. The average Bonchev–Trinajstić information content (AvgIpc) is 2.18. The fourth-order valence-corrected chi connectivity index (χ4v) is 1.05. The van der Waals surface area contributed by atoms with Gasteiger partial charge >= 0.3 is 0 Å². The Morgan fingerprint density at radius 2 is 1.80 bits per heavy atom. The normalized spacial score (nSPS) is 10.3. The molecule has 0 aliphatic rings. The summed E-state index contributed by atoms with van der Waals surface area (Å²) in [5.41, 5.74) is 1.72. The van der Waals surface area contributed by atoms with Crippen LogP contribution in [-0.2, 0) is 4.79 Å². The number of carbonyl (C=O) groups is 2. The maximum atomic E-state index is 11.5. The second-order valence-electron chi connectivity index (χ2n) is 3.26. The van der Waals surface area contributed by atoms with Crippen LogP contribution >= 0.6 is 0 Å². The van der Waals surface area contributed by atoms with Crippen LogP contribution in [0, 0.1) is 6.92 Å². The summed E-state index contributed by atoms with van der Waals surface area (Å²) in [6.45, 7) is 3.35. The van der Waals surface area contributed by atoms with Crippen molar-refractivity contribution in [2.45, 2.75) is 13.8 Å². The molecule has 0 unspecified atom stereocenters. The van der Waals surface area contributed by atoms with E-state index in [-0.39, 0.29) is 11.7 Å². The molecular weight excluding hydrogens is 190 g/mol. The monoisotopic (exact) mass is 203 g/mol. The minimum absolute atomic E-state index is 0.122. The molecule has 0 aliphatic heterocycles. The molecular formula is C12H13NO2. The van der Waals surface area contributed by atoms with Crippen LogP contribution in [0.2, 0.25) is 0 Å². The van der Waals surface area contributed by atoms with Gasteiger partial charge in [0.1, 0.15) is 0 Å². The minimum atomic E-state index is -0.192. The summed E-state index contributed by atoms with van der Waals surface area (Å²) in [6, 6.07) is 7.27. The van der Waals surface area contributed by atoms with E-state index in [0.29, 0.717) is 5.56 Å². The fraction of sp³-hybridized carbons (Fsp3) is 0.167. The largest absolute Gasteiger partial charge is 0.333 e. The van der Waals surface area contributed by atoms with E-state index >= 15 is 0 Å². The number of carbonyl (C=O) groups excluding carboxylic acids is 2. The van der Waals surface area contributed by atoms with Crippen molar-refractivity contribution in [3.8, 4) is 0 Å². The lowest BCUT2D eigenvalue weighted by molar-refractivity contribution is -0.118. The Balaban J connectivity index is 2.65. The number of ketones is 1. The van der Waals surface area contributed by atoms with Gasteiger partial charge in [-0.15, -0.1) is 0 Å². The molecule has 0 heterocycles. The van der Waals surface area contributed by atoms with Gasteiger partial charge < -0.3 is 5.32 Å². The molecule has 0 spiro atoms. The Morgan fingerprint density at radius 3 is 2.33 bits per heavy atom. The Kier molecular flexibility index (Phi) is 3.80. The van der Waals surface area contributed by atoms with E-state index in [2.05, 4.69) is 5.32 Å². The second kappa shape index (κ2) is 5.10. The van der Waals surface area contributed by atoms with E-state index in [9.17, 15) is 9.59 Å². The molecule has 3 heteroatoms. The molecule has 0 aliphatic carbocycles. The molecule has 0 saturated carbocycles. The zero-order valence-electron chi connectivity index (χ0n) is 8.78. The van der Waals surface area contributed by atoms with Gasteiger partial charge in [0, 0.05) is 24.8 Å². The lowest BCUT2D eigenvalue weighted by Gasteiger charge is -1.96. The molecule has 1 amide bonds. The fourth-order valence-electron chi connectivity index (χ4n) is 1.05. The summed E-state index contributed by atoms with van der Waals surface area (Å²) in [6.07, 6.45) is 2.69. The summed E-state index contributed by atoms with van der Waals surface area (Å²) in [4.78, 5) is 22.0. The molecule has 1 aromatic rings. The van der Waals surface area contributed by atoms with Gasteiger partial charge in [0.15, 0.2) is 5.78 Å². The highest BCUT2D eigenvalue weighted by atomic mass is 16.1. The third-order valence-corrected chi connectivity index (χ3v) is 1.86. The van der Waals surface area contributed by atoms with Crippen molar-refractivity contribution in [3.05, 3.63) is 47.7 Å². The quantitative estimate of drug-likeness (QED) is 0.601. The average molecular weight is 203 g/mol. The maximum absolute atomic E-state index is 11.5. The standard InChI is InChI=1S/C12H13NO2/c1-9-3-5-11(6-4-9)12(15)7-8-13-10(2)14/h3-8H,1-2H3,(H,13,14)/b8-7-. The van der Waals surface area contributed by atoms with Gasteiger partial charge in [0.25, 0.3) is 0 Å². The van der Waals surface area contributed by atoms with Gasteiger partial charge in [0.05, 0.1) is 0 Å². The van der Waals surface area contributed by atoms with Gasteiger partial charge in [-0.2, -0.15) is 0 Å². The van der Waals surface area contributed by atoms with Gasteiger partial charge in [-0.05, 0) is 6.92 Å². The Labute approximate surface area is 88.8 Å². The topological polar surface area (TPSA) is 46.2 Å². The van der Waals surface area contributed by atoms with E-state index in [4.69, 9.17) is 0 Å². The van der Waals surface area contributed by atoms with Gasteiger partial charge in [-0.3, -0.25) is 9.59 Å². The Hall–Kier alpha value is -1.90. The highest BCUT2D eigenvalue weighted by molar-refractivity contribution is 6.04. The van der Waals surface area contributed by atoms with E-state index in [1.54, 1.807) is 12.1 Å². The third-order valence-electron chi connectivity index (χ3n) is 1.86. The van der Waals surface area contributed by atoms with Crippen LogP contribution in [0.15, 0.2) is 36.5 Å². The van der Waals surface area contributed by atoms with Crippen LogP contribution in [0.1, 0.15) is 22.8 Å². The number of allylic oxidation sites excluding steroid dienone is 1. The smallest absolute Gasteiger partial charge is 0.220 e. The highest BCUT2D eigenvalue weighted by Gasteiger charge is 1.99. The third kappa shape index (κ3) is 3.77. The van der Waals surface area contributed by atoms with Crippen LogP contribution < -0.4 is 5.32 Å². The van der Waals surface area contributed by atoms with Crippen molar-refractivity contribution in [2.24, 2.45) is 0 Å². The summed E-state index contributed by atoms with van der Waals surface area (Å²) >= 11 is 0. The molecule has 0 fully saturated rings. The number of hydrogen-bond acceptors (Lipinski definition) is 2. The predicted octanol–water partition coefficient (Wildman–Crippen LogP) is 1.83. The molecule has 0 saturated heterocycles. The van der Waals surface area contributed by atoms with E-state index in [0.717, 1.165) is 5.56 Å². The molecule has 0 aromatic heterocycles. The van der Waals surface area contributed by atoms with Gasteiger partial charge in [-0.25, -0.2) is 0 Å². The molecule has 1 aromatic carbocycles. The number of hydrogen-bond donors (Lipinski definition) is 1. The predicted molar refractivity (Wildman–Crippen MR) is 58.5 cm³/mol. The minimum Gasteiger partial charge on any atom is -0.333 e. The first-order chi connectivity index (χ1) is 7.09. The number of nitrogens with one attached hydrogen (secondary N) is 1. The van der Waals surface area contributed by atoms with Crippen LogP contribution in [0.25, 0.3) is 0 Å². The van der Waals surface area contributed by atoms with Gasteiger partial charge in [0.2, 0.25) is 5.91 Å². The second-order valence-corrected chi connectivity index (χ2v) is 3.26. The molecule has 0 atom stereocenters. The number of benzene rings is 1. The Morgan fingerprint density at radius 1 is 1.20 bits per heavy atom. The first-order valence-corrected chi connectivity index (χ1v) is 4.64. The molecule has 0 bridgehead atoms. The van der Waals surface area contributed by atoms with Gasteiger partial charge in [-0.1, -0.05) is 29.8 Å². The van der Waals surface area contributed by atoms with Crippen LogP contribution in [0.3, 0.4) is 0 Å². The maximum Gasteiger partial charge on any atom is 0.220 e. The molecule has 1 rings (SSSR count). The number of rotatable bonds is 3. The van der Waals surface area contributed by atoms with Crippen molar-refractivity contribution in [3.63, 3.8) is 0 Å². The first-order valence-electron chi connectivity index (χ1n) is 4.64. The summed E-state index contributed by atoms with van der Waals surface area (Å²) in [5, 5.41) is 2.42. The summed E-state index contributed by atoms with van der Waals surface area (Å²) in [5.74, 6) is -0.313. The van der Waals surface area contributed by atoms with E-state index < -0.39 is 0 Å². The zero-order valence-corrected chi connectivity index (χ0v) is 8.78. The lowest BCUT2D eigenvalue weighted by atomic mass is 10.1. The summed E-state index contributed by atoms with van der Waals surface area (Å²) < 4.78 is 0. The van der Waals surface area contributed by atoms with Crippen molar-refractivity contribution in [2.75, 3.05) is 0 Å². The van der Waals surface area contributed by atoms with Crippen molar-refractivity contribution in [1.29, 1.82) is 0 Å². The Bertz CT molecular complexity index is 391. The highest BCUT2D eigenvalue weighted by Crippen LogP contribution is 2.04. The van der Waals surface area contributed by atoms with Crippen LogP contribution in [0.5, 0.6) is 0 Å². The molecule has 3 nitrogen and oxygen atoms in total. The molecule has 78 valence electrons. The van der Waals surface area contributed by atoms with Crippen molar-refractivity contribution in [1.82, 2.24) is 5.32 Å². The molecule has 1 N–H and O–H groups in total. The van der Waals surface area contributed by atoms with Crippen LogP contribution in [-0.4, -0.2) is 11.7 Å².